The molecule has 0 saturated carbocycles. The molecule has 0 atom stereocenters. The Morgan fingerprint density at radius 1 is 1.38 bits per heavy atom. The number of rotatable bonds is 1. The fourth-order valence-corrected chi connectivity index (χ4v) is 1.75. The van der Waals surface area contributed by atoms with E-state index in [4.69, 9.17) is 0 Å². The van der Waals surface area contributed by atoms with Gasteiger partial charge in [-0.25, -0.2) is 4.52 Å². The van der Waals surface area contributed by atoms with Gasteiger partial charge in [0.2, 0.25) is 0 Å². The third-order valence-corrected chi connectivity index (χ3v) is 2.24. The van der Waals surface area contributed by atoms with Crippen LogP contribution >= 0.6 is 0 Å². The summed E-state index contributed by atoms with van der Waals surface area (Å²) in [7, 11) is 0. The maximum absolute atomic E-state index is 4.41. The number of hydrogen-bond donors (Lipinski definition) is 0. The SMILES string of the molecule is Cc1nn2ccncc2c1C(C)C. The van der Waals surface area contributed by atoms with E-state index in [0.29, 0.717) is 5.92 Å². The topological polar surface area (TPSA) is 30.2 Å². The lowest BCUT2D eigenvalue weighted by Crippen LogP contribution is -1.89. The number of hydrogen-bond acceptors (Lipinski definition) is 2. The van der Waals surface area contributed by atoms with Gasteiger partial charge in [0, 0.05) is 18.0 Å². The quantitative estimate of drug-likeness (QED) is 0.664. The van der Waals surface area contributed by atoms with Crippen molar-refractivity contribution in [2.24, 2.45) is 0 Å². The molecule has 0 aliphatic rings. The van der Waals surface area contributed by atoms with Crippen LogP contribution in [0.15, 0.2) is 18.6 Å². The molecule has 0 aromatic carbocycles. The van der Waals surface area contributed by atoms with Gasteiger partial charge < -0.3 is 0 Å². The molecule has 0 N–H and O–H groups in total. The highest BCUT2D eigenvalue weighted by molar-refractivity contribution is 5.56. The van der Waals surface area contributed by atoms with Crippen molar-refractivity contribution in [2.75, 3.05) is 0 Å². The van der Waals surface area contributed by atoms with Crippen molar-refractivity contribution < 1.29 is 0 Å². The standard InChI is InChI=1S/C10H13N3/c1-7(2)10-8(3)12-13-5-4-11-6-9(10)13/h4-7H,1-3H3. The van der Waals surface area contributed by atoms with Crippen molar-refractivity contribution in [3.05, 3.63) is 29.8 Å². The predicted octanol–water partition coefficient (Wildman–Crippen LogP) is 2.16. The second kappa shape index (κ2) is 2.83. The number of aryl methyl sites for hydroxylation is 1. The Bertz CT molecular complexity index is 429. The summed E-state index contributed by atoms with van der Waals surface area (Å²) in [6.45, 7) is 6.40. The van der Waals surface area contributed by atoms with E-state index in [1.54, 1.807) is 6.20 Å². The molecule has 2 heterocycles. The molecule has 2 aromatic rings. The molecule has 0 spiro atoms. The van der Waals surface area contributed by atoms with Gasteiger partial charge >= 0.3 is 0 Å². The lowest BCUT2D eigenvalue weighted by Gasteiger charge is -2.02. The van der Waals surface area contributed by atoms with Crippen LogP contribution in [0.25, 0.3) is 5.52 Å². The molecule has 3 nitrogen and oxygen atoms in total. The van der Waals surface area contributed by atoms with Crippen molar-refractivity contribution >= 4 is 5.52 Å². The largest absolute Gasteiger partial charge is 0.261 e. The minimum Gasteiger partial charge on any atom is -0.261 e. The highest BCUT2D eigenvalue weighted by Gasteiger charge is 2.11. The Morgan fingerprint density at radius 3 is 2.85 bits per heavy atom. The first kappa shape index (κ1) is 8.23. The van der Waals surface area contributed by atoms with E-state index in [9.17, 15) is 0 Å². The van der Waals surface area contributed by atoms with E-state index < -0.39 is 0 Å². The first-order chi connectivity index (χ1) is 6.20. The van der Waals surface area contributed by atoms with E-state index >= 15 is 0 Å². The molecule has 68 valence electrons. The summed E-state index contributed by atoms with van der Waals surface area (Å²) in [6, 6.07) is 0. The highest BCUT2D eigenvalue weighted by atomic mass is 15.2. The van der Waals surface area contributed by atoms with Crippen LogP contribution in [-0.4, -0.2) is 14.6 Å². The maximum Gasteiger partial charge on any atom is 0.0882 e. The molecule has 13 heavy (non-hydrogen) atoms. The van der Waals surface area contributed by atoms with E-state index in [1.165, 1.54) is 5.56 Å². The van der Waals surface area contributed by atoms with Gasteiger partial charge in [-0.3, -0.25) is 4.98 Å². The Kier molecular flexibility index (Phi) is 1.79. The molecule has 0 bridgehead atoms. The average molecular weight is 175 g/mol. The summed E-state index contributed by atoms with van der Waals surface area (Å²) >= 11 is 0. The third-order valence-electron chi connectivity index (χ3n) is 2.24. The Balaban J connectivity index is 2.78. The van der Waals surface area contributed by atoms with Crippen LogP contribution in [0.2, 0.25) is 0 Å². The highest BCUT2D eigenvalue weighted by Crippen LogP contribution is 2.22. The average Bonchev–Trinajstić information content (AvgIpc) is 2.39. The monoisotopic (exact) mass is 175 g/mol. The molecule has 0 aliphatic carbocycles. The van der Waals surface area contributed by atoms with Gasteiger partial charge in [-0.2, -0.15) is 5.10 Å². The van der Waals surface area contributed by atoms with Crippen molar-refractivity contribution in [1.82, 2.24) is 14.6 Å². The minimum absolute atomic E-state index is 0.502. The molecule has 2 aromatic heterocycles. The molecular formula is C10H13N3. The number of aromatic nitrogens is 3. The smallest absolute Gasteiger partial charge is 0.0882 e. The van der Waals surface area contributed by atoms with Gasteiger partial charge in [0.05, 0.1) is 17.4 Å². The van der Waals surface area contributed by atoms with Crippen molar-refractivity contribution in [2.45, 2.75) is 26.7 Å². The van der Waals surface area contributed by atoms with Gasteiger partial charge in [-0.05, 0) is 12.8 Å². The zero-order valence-electron chi connectivity index (χ0n) is 8.15. The van der Waals surface area contributed by atoms with Gasteiger partial charge in [0.1, 0.15) is 0 Å². The summed E-state index contributed by atoms with van der Waals surface area (Å²) in [5.74, 6) is 0.502. The molecule has 0 fully saturated rings. The molecular weight excluding hydrogens is 162 g/mol. The van der Waals surface area contributed by atoms with Crippen molar-refractivity contribution in [3.63, 3.8) is 0 Å². The Labute approximate surface area is 77.4 Å². The zero-order chi connectivity index (χ0) is 9.42. The van der Waals surface area contributed by atoms with Crippen LogP contribution in [0.1, 0.15) is 31.0 Å². The summed E-state index contributed by atoms with van der Waals surface area (Å²) < 4.78 is 1.89. The van der Waals surface area contributed by atoms with Gasteiger partial charge in [-0.15, -0.1) is 0 Å². The van der Waals surface area contributed by atoms with Crippen LogP contribution in [-0.2, 0) is 0 Å². The minimum atomic E-state index is 0.502. The van der Waals surface area contributed by atoms with E-state index in [-0.39, 0.29) is 0 Å². The first-order valence-corrected chi connectivity index (χ1v) is 4.49. The van der Waals surface area contributed by atoms with E-state index in [0.717, 1.165) is 11.2 Å². The number of nitrogens with zero attached hydrogens (tertiary/aromatic N) is 3. The molecule has 0 amide bonds. The van der Waals surface area contributed by atoms with Crippen LogP contribution in [0.3, 0.4) is 0 Å². The van der Waals surface area contributed by atoms with Crippen molar-refractivity contribution in [3.8, 4) is 0 Å². The van der Waals surface area contributed by atoms with Crippen LogP contribution in [0, 0.1) is 6.92 Å². The van der Waals surface area contributed by atoms with Crippen LogP contribution < -0.4 is 0 Å². The lowest BCUT2D eigenvalue weighted by molar-refractivity contribution is 0.862. The Morgan fingerprint density at radius 2 is 2.15 bits per heavy atom. The molecule has 0 saturated heterocycles. The van der Waals surface area contributed by atoms with Gasteiger partial charge in [-0.1, -0.05) is 13.8 Å². The molecule has 0 unspecified atom stereocenters. The predicted molar refractivity (Wildman–Crippen MR) is 51.8 cm³/mol. The summed E-state index contributed by atoms with van der Waals surface area (Å²) in [6.07, 6.45) is 5.51. The van der Waals surface area contributed by atoms with Gasteiger partial charge in [0.15, 0.2) is 0 Å². The molecule has 2 rings (SSSR count). The summed E-state index contributed by atoms with van der Waals surface area (Å²) in [4.78, 5) is 4.11. The lowest BCUT2D eigenvalue weighted by atomic mass is 10.0. The fraction of sp³-hybridized carbons (Fsp3) is 0.400. The first-order valence-electron chi connectivity index (χ1n) is 4.49. The van der Waals surface area contributed by atoms with Gasteiger partial charge in [0.25, 0.3) is 0 Å². The van der Waals surface area contributed by atoms with Crippen LogP contribution in [0.5, 0.6) is 0 Å². The molecule has 3 heteroatoms. The zero-order valence-corrected chi connectivity index (χ0v) is 8.15. The second-order valence-corrected chi connectivity index (χ2v) is 3.56. The molecule has 0 radical (unpaired) electrons. The summed E-state index contributed by atoms with van der Waals surface area (Å²) in [5.41, 5.74) is 3.52. The number of fused-ring (bicyclic) bond motifs is 1. The summed E-state index contributed by atoms with van der Waals surface area (Å²) in [5, 5.41) is 4.41. The van der Waals surface area contributed by atoms with E-state index in [1.807, 2.05) is 23.8 Å². The Hall–Kier alpha value is -1.38. The third kappa shape index (κ3) is 1.20. The normalized spacial score (nSPS) is 11.4. The van der Waals surface area contributed by atoms with Crippen molar-refractivity contribution in [1.29, 1.82) is 0 Å². The second-order valence-electron chi connectivity index (χ2n) is 3.56. The fourth-order valence-electron chi connectivity index (χ4n) is 1.75. The van der Waals surface area contributed by atoms with E-state index in [2.05, 4.69) is 23.9 Å². The van der Waals surface area contributed by atoms with Crippen LogP contribution in [0.4, 0.5) is 0 Å². The molecule has 0 aliphatic heterocycles. The maximum atomic E-state index is 4.41.